The van der Waals surface area contributed by atoms with Gasteiger partial charge in [-0.05, 0) is 61.5 Å². The molecule has 0 saturated heterocycles. The number of nitrogens with one attached hydrogen (secondary N) is 3. The fourth-order valence-electron chi connectivity index (χ4n) is 2.28. The molecule has 29 heavy (non-hydrogen) atoms. The van der Waals surface area contributed by atoms with E-state index in [1.807, 2.05) is 26.0 Å². The van der Waals surface area contributed by atoms with Crippen molar-refractivity contribution in [3.63, 3.8) is 0 Å². The van der Waals surface area contributed by atoms with E-state index in [0.29, 0.717) is 24.7 Å². The third kappa shape index (κ3) is 7.42. The summed E-state index contributed by atoms with van der Waals surface area (Å²) in [6, 6.07) is 11.5. The highest BCUT2D eigenvalue weighted by Crippen LogP contribution is 2.29. The van der Waals surface area contributed by atoms with Gasteiger partial charge in [0.2, 0.25) is 0 Å². The van der Waals surface area contributed by atoms with Crippen LogP contribution in [0.4, 0.5) is 10.1 Å². The Bertz CT molecular complexity index is 874. The summed E-state index contributed by atoms with van der Waals surface area (Å²) in [4.78, 5) is 12.0. The molecule has 0 unspecified atom stereocenters. The van der Waals surface area contributed by atoms with E-state index in [0.717, 1.165) is 12.0 Å². The third-order valence-electron chi connectivity index (χ3n) is 3.58. The molecule has 0 aliphatic carbocycles. The van der Waals surface area contributed by atoms with Crippen LogP contribution < -0.4 is 25.6 Å². The lowest BCUT2D eigenvalue weighted by Gasteiger charge is -2.12. The second-order valence-corrected chi connectivity index (χ2v) is 6.28. The fraction of sp³-hybridized carbons (Fsp3) is 0.238. The van der Waals surface area contributed by atoms with E-state index in [9.17, 15) is 9.18 Å². The van der Waals surface area contributed by atoms with Crippen molar-refractivity contribution >= 4 is 35.0 Å². The molecule has 2 aromatic rings. The topological polar surface area (TPSA) is 71.6 Å². The number of thiocarbonyl (C=S) groups is 1. The molecule has 0 aliphatic heterocycles. The molecule has 0 spiro atoms. The van der Waals surface area contributed by atoms with Crippen LogP contribution in [-0.4, -0.2) is 24.2 Å². The van der Waals surface area contributed by atoms with Crippen molar-refractivity contribution < 1.29 is 18.7 Å². The van der Waals surface area contributed by atoms with Crippen molar-refractivity contribution in [2.24, 2.45) is 0 Å². The Balaban J connectivity index is 1.90. The van der Waals surface area contributed by atoms with Crippen molar-refractivity contribution in [3.8, 4) is 11.5 Å². The molecule has 0 heterocycles. The van der Waals surface area contributed by atoms with Crippen LogP contribution in [0, 0.1) is 5.82 Å². The summed E-state index contributed by atoms with van der Waals surface area (Å²) in [6.07, 6.45) is 3.88. The molecule has 0 radical (unpaired) electrons. The van der Waals surface area contributed by atoms with Gasteiger partial charge in [0.25, 0.3) is 5.91 Å². The molecule has 3 N–H and O–H groups in total. The number of halogens is 1. The van der Waals surface area contributed by atoms with Crippen LogP contribution in [0.5, 0.6) is 11.5 Å². The first kappa shape index (κ1) is 22.2. The molecule has 0 bridgehead atoms. The van der Waals surface area contributed by atoms with Crippen LogP contribution in [0.15, 0.2) is 48.5 Å². The number of benzene rings is 2. The normalized spacial score (nSPS) is 10.4. The highest BCUT2D eigenvalue weighted by atomic mass is 32.1. The van der Waals surface area contributed by atoms with Crippen molar-refractivity contribution in [3.05, 3.63) is 59.9 Å². The number of rotatable bonds is 8. The fourth-order valence-corrected chi connectivity index (χ4v) is 2.44. The second-order valence-electron chi connectivity index (χ2n) is 5.87. The number of hydrazine groups is 1. The predicted molar refractivity (Wildman–Crippen MR) is 116 cm³/mol. The van der Waals surface area contributed by atoms with Gasteiger partial charge in [0, 0.05) is 6.08 Å². The van der Waals surface area contributed by atoms with Gasteiger partial charge in [0.15, 0.2) is 16.6 Å². The summed E-state index contributed by atoms with van der Waals surface area (Å²) in [5, 5.41) is 2.72. The van der Waals surface area contributed by atoms with Gasteiger partial charge in [-0.25, -0.2) is 4.39 Å². The number of para-hydroxylation sites is 1. The molecule has 2 rings (SSSR count). The number of ether oxygens (including phenoxy) is 2. The predicted octanol–water partition coefficient (Wildman–Crippen LogP) is 4.04. The lowest BCUT2D eigenvalue weighted by atomic mass is 10.2. The summed E-state index contributed by atoms with van der Waals surface area (Å²) in [5.74, 6) is 0.421. The lowest BCUT2D eigenvalue weighted by Crippen LogP contribution is -2.43. The van der Waals surface area contributed by atoms with Crippen molar-refractivity contribution in [2.75, 3.05) is 18.5 Å². The lowest BCUT2D eigenvalue weighted by molar-refractivity contribution is -0.116. The zero-order valence-corrected chi connectivity index (χ0v) is 17.1. The molecule has 0 atom stereocenters. The highest BCUT2D eigenvalue weighted by molar-refractivity contribution is 7.80. The quantitative estimate of drug-likeness (QED) is 0.342. The molecule has 0 aliphatic rings. The number of carbonyl (C=O) groups is 1. The highest BCUT2D eigenvalue weighted by Gasteiger charge is 2.06. The van der Waals surface area contributed by atoms with Crippen molar-refractivity contribution in [1.29, 1.82) is 0 Å². The minimum absolute atomic E-state index is 0.0629. The Morgan fingerprint density at radius 3 is 2.62 bits per heavy atom. The number of hydrogen-bond acceptors (Lipinski definition) is 4. The van der Waals surface area contributed by atoms with Gasteiger partial charge < -0.3 is 14.8 Å². The number of amides is 1. The number of hydrogen-bond donors (Lipinski definition) is 3. The number of carbonyl (C=O) groups excluding carboxylic acids is 1. The molecule has 8 heteroatoms. The summed E-state index contributed by atoms with van der Waals surface area (Å²) in [6.45, 7) is 5.03. The van der Waals surface area contributed by atoms with Gasteiger partial charge in [-0.2, -0.15) is 0 Å². The molecule has 1 amide bonds. The maximum atomic E-state index is 13.6. The smallest absolute Gasteiger partial charge is 0.262 e. The summed E-state index contributed by atoms with van der Waals surface area (Å²) in [5.41, 5.74) is 5.92. The Morgan fingerprint density at radius 2 is 1.90 bits per heavy atom. The van der Waals surface area contributed by atoms with Crippen LogP contribution in [-0.2, 0) is 4.79 Å². The minimum atomic E-state index is -0.445. The Hall–Kier alpha value is -3.13. The Kier molecular flexibility index (Phi) is 8.91. The van der Waals surface area contributed by atoms with Gasteiger partial charge in [-0.15, -0.1) is 0 Å². The number of anilines is 1. The molecular formula is C21H24FN3O3S. The van der Waals surface area contributed by atoms with E-state index < -0.39 is 11.7 Å². The van der Waals surface area contributed by atoms with Crippen LogP contribution in [0.1, 0.15) is 25.8 Å². The molecule has 6 nitrogen and oxygen atoms in total. The first-order valence-electron chi connectivity index (χ1n) is 9.22. The minimum Gasteiger partial charge on any atom is -0.490 e. The Labute approximate surface area is 175 Å². The van der Waals surface area contributed by atoms with E-state index in [-0.39, 0.29) is 10.8 Å². The average molecular weight is 418 g/mol. The van der Waals surface area contributed by atoms with Crippen LogP contribution >= 0.6 is 12.2 Å². The SMILES string of the molecule is CCCOc1ccc(/C=C/C(=O)NNC(=S)Nc2ccccc2F)cc1OCC. The van der Waals surface area contributed by atoms with E-state index in [1.54, 1.807) is 24.3 Å². The Morgan fingerprint density at radius 1 is 1.10 bits per heavy atom. The van der Waals surface area contributed by atoms with Gasteiger partial charge in [-0.3, -0.25) is 15.6 Å². The van der Waals surface area contributed by atoms with E-state index in [2.05, 4.69) is 16.2 Å². The van der Waals surface area contributed by atoms with Crippen molar-refractivity contribution in [1.82, 2.24) is 10.9 Å². The molecule has 0 aromatic heterocycles. The van der Waals surface area contributed by atoms with Crippen molar-refractivity contribution in [2.45, 2.75) is 20.3 Å². The summed E-state index contributed by atoms with van der Waals surface area (Å²) < 4.78 is 24.8. The summed E-state index contributed by atoms with van der Waals surface area (Å²) >= 11 is 5.03. The first-order chi connectivity index (χ1) is 14.0. The molecule has 0 fully saturated rings. The van der Waals surface area contributed by atoms with Crippen LogP contribution in [0.2, 0.25) is 0 Å². The van der Waals surface area contributed by atoms with Gasteiger partial charge in [0.1, 0.15) is 5.82 Å². The largest absolute Gasteiger partial charge is 0.490 e. The maximum Gasteiger partial charge on any atom is 0.262 e. The van der Waals surface area contributed by atoms with Gasteiger partial charge in [0.05, 0.1) is 18.9 Å². The van der Waals surface area contributed by atoms with E-state index >= 15 is 0 Å². The van der Waals surface area contributed by atoms with Gasteiger partial charge >= 0.3 is 0 Å². The first-order valence-corrected chi connectivity index (χ1v) is 9.63. The van der Waals surface area contributed by atoms with Crippen LogP contribution in [0.25, 0.3) is 6.08 Å². The zero-order valence-electron chi connectivity index (χ0n) is 16.3. The monoisotopic (exact) mass is 417 g/mol. The molecule has 0 saturated carbocycles. The maximum absolute atomic E-state index is 13.6. The summed E-state index contributed by atoms with van der Waals surface area (Å²) in [7, 11) is 0. The molecule has 2 aromatic carbocycles. The zero-order chi connectivity index (χ0) is 21.1. The second kappa shape index (κ2) is 11.7. The van der Waals surface area contributed by atoms with E-state index in [4.69, 9.17) is 21.7 Å². The standard InChI is InChI=1S/C21H24FN3O3S/c1-3-13-28-18-11-9-15(14-19(18)27-4-2)10-12-20(26)24-25-21(29)23-17-8-6-5-7-16(17)22/h5-12,14H,3-4,13H2,1-2H3,(H,24,26)(H2,23,25,29)/b12-10+. The molecular weight excluding hydrogens is 393 g/mol. The van der Waals surface area contributed by atoms with Gasteiger partial charge in [-0.1, -0.05) is 25.1 Å². The molecule has 154 valence electrons. The third-order valence-corrected chi connectivity index (χ3v) is 3.78. The van der Waals surface area contributed by atoms with E-state index in [1.165, 1.54) is 18.2 Å². The van der Waals surface area contributed by atoms with Crippen LogP contribution in [0.3, 0.4) is 0 Å². The average Bonchev–Trinajstić information content (AvgIpc) is 2.72.